The van der Waals surface area contributed by atoms with Crippen molar-refractivity contribution in [3.8, 4) is 5.69 Å². The average Bonchev–Trinajstić information content (AvgIpc) is 2.98. The van der Waals surface area contributed by atoms with Crippen molar-refractivity contribution in [1.29, 1.82) is 0 Å². The number of halogens is 2. The van der Waals surface area contributed by atoms with E-state index in [1.54, 1.807) is 10.8 Å². The highest BCUT2D eigenvalue weighted by Gasteiger charge is 2.24. The van der Waals surface area contributed by atoms with E-state index in [-0.39, 0.29) is 4.75 Å². The Labute approximate surface area is 188 Å². The molecule has 29 heavy (non-hydrogen) atoms. The number of aliphatic imine (C=N–C) groups is 1. The molecule has 0 radical (unpaired) electrons. The van der Waals surface area contributed by atoms with Gasteiger partial charge in [0.05, 0.1) is 17.2 Å². The lowest BCUT2D eigenvalue weighted by Gasteiger charge is -2.17. The lowest BCUT2D eigenvalue weighted by atomic mass is 10.0. The molecule has 4 rings (SSSR count). The average molecular weight is 463 g/mol. The molecule has 0 fully saturated rings. The van der Waals surface area contributed by atoms with Gasteiger partial charge in [-0.25, -0.2) is 0 Å². The van der Waals surface area contributed by atoms with Gasteiger partial charge in [-0.15, -0.1) is 10.2 Å². The zero-order valence-corrected chi connectivity index (χ0v) is 19.5. The largest absolute Gasteiger partial charge is 0.280 e. The maximum atomic E-state index is 6.49. The van der Waals surface area contributed by atoms with Crippen molar-refractivity contribution in [1.82, 2.24) is 14.8 Å². The van der Waals surface area contributed by atoms with Gasteiger partial charge in [0.2, 0.25) is 0 Å². The maximum Gasteiger partial charge on any atom is 0.159 e. The summed E-state index contributed by atoms with van der Waals surface area (Å²) < 4.78 is 2.29. The third-order valence-corrected chi connectivity index (χ3v) is 8.02. The van der Waals surface area contributed by atoms with Gasteiger partial charge in [-0.1, -0.05) is 83.8 Å². The molecule has 0 amide bonds. The van der Waals surface area contributed by atoms with Gasteiger partial charge in [0.1, 0.15) is 12.4 Å². The minimum atomic E-state index is 0.179. The number of hydrogen-bond donors (Lipinski definition) is 0. The standard InChI is InChI=1S/C21H20Cl2N4S2/c1-21(2,3)29-28-12-19-26-25-18-11-24-20(14-6-4-5-7-16(14)23)15-10-13(22)8-9-17(15)27(18)19/h4-10H,11-12H2,1-3H3. The lowest BCUT2D eigenvalue weighted by molar-refractivity contribution is 0.810. The summed E-state index contributed by atoms with van der Waals surface area (Å²) in [6.07, 6.45) is 0. The van der Waals surface area contributed by atoms with Gasteiger partial charge in [-0.3, -0.25) is 9.56 Å². The third kappa shape index (κ3) is 4.50. The summed E-state index contributed by atoms with van der Waals surface area (Å²) in [6, 6.07) is 13.6. The second-order valence-corrected chi connectivity index (χ2v) is 11.6. The molecule has 0 saturated heterocycles. The van der Waals surface area contributed by atoms with Gasteiger partial charge in [0.15, 0.2) is 5.82 Å². The molecule has 2 aromatic carbocycles. The first-order valence-corrected chi connectivity index (χ1v) is 12.2. The van der Waals surface area contributed by atoms with Crippen molar-refractivity contribution < 1.29 is 0 Å². The smallest absolute Gasteiger partial charge is 0.159 e. The Morgan fingerprint density at radius 2 is 1.83 bits per heavy atom. The molecule has 1 aliphatic rings. The normalized spacial score (nSPS) is 13.5. The zero-order chi connectivity index (χ0) is 20.6. The van der Waals surface area contributed by atoms with Crippen LogP contribution in [0.2, 0.25) is 10.0 Å². The molecule has 150 valence electrons. The van der Waals surface area contributed by atoms with E-state index >= 15 is 0 Å². The number of fused-ring (bicyclic) bond motifs is 3. The molecule has 0 N–H and O–H groups in total. The number of nitrogens with zero attached hydrogens (tertiary/aromatic N) is 4. The van der Waals surface area contributed by atoms with Crippen LogP contribution in [0.4, 0.5) is 0 Å². The van der Waals surface area contributed by atoms with Gasteiger partial charge in [0, 0.05) is 25.9 Å². The summed E-state index contributed by atoms with van der Waals surface area (Å²) in [6.45, 7) is 7.04. The quantitative estimate of drug-likeness (QED) is 0.409. The van der Waals surface area contributed by atoms with Gasteiger partial charge in [-0.2, -0.15) is 0 Å². The highest BCUT2D eigenvalue weighted by atomic mass is 35.5. The van der Waals surface area contributed by atoms with Gasteiger partial charge in [0.25, 0.3) is 0 Å². The van der Waals surface area contributed by atoms with Crippen molar-refractivity contribution in [2.45, 2.75) is 37.8 Å². The van der Waals surface area contributed by atoms with Crippen LogP contribution in [0.5, 0.6) is 0 Å². The first kappa shape index (κ1) is 20.8. The van der Waals surface area contributed by atoms with Crippen LogP contribution < -0.4 is 0 Å². The molecule has 4 nitrogen and oxygen atoms in total. The van der Waals surface area contributed by atoms with E-state index < -0.39 is 0 Å². The van der Waals surface area contributed by atoms with Crippen LogP contribution >= 0.6 is 44.8 Å². The van der Waals surface area contributed by atoms with Crippen LogP contribution in [-0.4, -0.2) is 25.2 Å². The van der Waals surface area contributed by atoms with E-state index in [0.717, 1.165) is 39.9 Å². The summed E-state index contributed by atoms with van der Waals surface area (Å²) in [5, 5.41) is 10.2. The molecule has 0 aliphatic carbocycles. The summed E-state index contributed by atoms with van der Waals surface area (Å²) in [7, 11) is 3.62. The Hall–Kier alpha value is -1.47. The molecule has 0 unspecified atom stereocenters. The van der Waals surface area contributed by atoms with Crippen LogP contribution in [0.15, 0.2) is 47.5 Å². The SMILES string of the molecule is CC(C)(C)SSCc1nnc2n1-c1ccc(Cl)cc1C(c1ccccc1Cl)=NC2. The van der Waals surface area contributed by atoms with E-state index in [1.807, 2.05) is 53.3 Å². The summed E-state index contributed by atoms with van der Waals surface area (Å²) >= 11 is 12.9. The van der Waals surface area contributed by atoms with E-state index in [9.17, 15) is 0 Å². The molecular formula is C21H20Cl2N4S2. The van der Waals surface area contributed by atoms with Crippen LogP contribution in [0.3, 0.4) is 0 Å². The molecule has 3 aromatic rings. The molecule has 0 bridgehead atoms. The Morgan fingerprint density at radius 3 is 2.59 bits per heavy atom. The predicted molar refractivity (Wildman–Crippen MR) is 126 cm³/mol. The number of hydrogen-bond acceptors (Lipinski definition) is 5. The van der Waals surface area contributed by atoms with Crippen molar-refractivity contribution in [3.05, 3.63) is 75.3 Å². The van der Waals surface area contributed by atoms with Crippen molar-refractivity contribution in [2.75, 3.05) is 0 Å². The van der Waals surface area contributed by atoms with Crippen molar-refractivity contribution >= 4 is 50.5 Å². The van der Waals surface area contributed by atoms with Crippen LogP contribution in [-0.2, 0) is 12.3 Å². The second-order valence-electron chi connectivity index (χ2n) is 7.63. The van der Waals surface area contributed by atoms with E-state index in [4.69, 9.17) is 28.2 Å². The van der Waals surface area contributed by atoms with Crippen LogP contribution in [0.1, 0.15) is 43.5 Å². The van der Waals surface area contributed by atoms with E-state index in [1.165, 1.54) is 0 Å². The Balaban J connectivity index is 1.79. The summed E-state index contributed by atoms with van der Waals surface area (Å²) in [5.74, 6) is 2.46. The van der Waals surface area contributed by atoms with Crippen LogP contribution in [0.25, 0.3) is 5.69 Å². The predicted octanol–water partition coefficient (Wildman–Crippen LogP) is 6.61. The molecule has 0 saturated carbocycles. The monoisotopic (exact) mass is 462 g/mol. The zero-order valence-electron chi connectivity index (χ0n) is 16.3. The van der Waals surface area contributed by atoms with Gasteiger partial charge in [-0.05, 0) is 24.3 Å². The lowest BCUT2D eigenvalue weighted by Crippen LogP contribution is -2.10. The fourth-order valence-electron chi connectivity index (χ4n) is 3.10. The van der Waals surface area contributed by atoms with Gasteiger partial charge < -0.3 is 0 Å². The highest BCUT2D eigenvalue weighted by Crippen LogP contribution is 2.38. The van der Waals surface area contributed by atoms with E-state index in [2.05, 4.69) is 35.5 Å². The topological polar surface area (TPSA) is 43.1 Å². The molecular weight excluding hydrogens is 443 g/mol. The molecule has 2 heterocycles. The molecule has 1 aliphatic heterocycles. The third-order valence-electron chi connectivity index (χ3n) is 4.26. The summed E-state index contributed by atoms with van der Waals surface area (Å²) in [5.41, 5.74) is 3.61. The molecule has 0 spiro atoms. The second kappa shape index (κ2) is 8.34. The first-order valence-electron chi connectivity index (χ1n) is 9.17. The van der Waals surface area contributed by atoms with Crippen molar-refractivity contribution in [3.63, 3.8) is 0 Å². The maximum absolute atomic E-state index is 6.49. The number of rotatable bonds is 4. The molecule has 8 heteroatoms. The van der Waals surface area contributed by atoms with Gasteiger partial charge >= 0.3 is 0 Å². The minimum Gasteiger partial charge on any atom is -0.280 e. The van der Waals surface area contributed by atoms with E-state index in [0.29, 0.717) is 16.6 Å². The Kier molecular flexibility index (Phi) is 5.98. The number of aromatic nitrogens is 3. The fraction of sp³-hybridized carbons (Fsp3) is 0.286. The number of benzene rings is 2. The Morgan fingerprint density at radius 1 is 1.03 bits per heavy atom. The minimum absolute atomic E-state index is 0.179. The molecule has 0 atom stereocenters. The Bertz CT molecular complexity index is 1090. The fourth-order valence-corrected chi connectivity index (χ4v) is 5.75. The summed E-state index contributed by atoms with van der Waals surface area (Å²) in [4.78, 5) is 4.85. The first-order chi connectivity index (χ1) is 13.8. The van der Waals surface area contributed by atoms with Crippen molar-refractivity contribution in [2.24, 2.45) is 4.99 Å². The molecule has 1 aromatic heterocycles. The highest BCUT2D eigenvalue weighted by molar-refractivity contribution is 8.76. The van der Waals surface area contributed by atoms with Crippen LogP contribution in [0, 0.1) is 0 Å².